The van der Waals surface area contributed by atoms with Crippen molar-refractivity contribution in [2.45, 2.75) is 26.2 Å². The molecule has 2 aromatic heterocycles. The number of aryl methyl sites for hydroxylation is 2. The minimum Gasteiger partial charge on any atom is -0.370 e. The van der Waals surface area contributed by atoms with Crippen LogP contribution in [0.2, 0.25) is 5.02 Å². The molecule has 1 saturated heterocycles. The van der Waals surface area contributed by atoms with Crippen molar-refractivity contribution in [2.24, 2.45) is 7.05 Å². The van der Waals surface area contributed by atoms with Crippen LogP contribution in [0.25, 0.3) is 38.8 Å². The average molecular weight is 507 g/mol. The molecule has 37 heavy (non-hydrogen) atoms. The fourth-order valence-electron chi connectivity index (χ4n) is 5.48. The van der Waals surface area contributed by atoms with E-state index in [4.69, 9.17) is 22.0 Å². The zero-order valence-electron chi connectivity index (χ0n) is 20.9. The Morgan fingerprint density at radius 1 is 0.946 bits per heavy atom. The van der Waals surface area contributed by atoms with Crippen LogP contribution in [-0.2, 0) is 7.05 Å². The van der Waals surface area contributed by atoms with Gasteiger partial charge in [-0.15, -0.1) is 0 Å². The van der Waals surface area contributed by atoms with E-state index in [1.165, 1.54) is 6.42 Å². The van der Waals surface area contributed by atoms with Crippen molar-refractivity contribution in [2.75, 3.05) is 18.0 Å². The zero-order chi connectivity index (χ0) is 25.7. The molecule has 0 saturated carbocycles. The summed E-state index contributed by atoms with van der Waals surface area (Å²) in [5, 5.41) is 20.8. The number of imidazole rings is 1. The molecule has 6 rings (SSSR count). The summed E-state index contributed by atoms with van der Waals surface area (Å²) in [5.74, 6) is 0. The van der Waals surface area contributed by atoms with Crippen molar-refractivity contribution in [1.29, 1.82) is 10.7 Å². The highest BCUT2D eigenvalue weighted by atomic mass is 35.5. The van der Waals surface area contributed by atoms with E-state index < -0.39 is 0 Å². The van der Waals surface area contributed by atoms with Gasteiger partial charge in [0.15, 0.2) is 0 Å². The number of nitrogens with one attached hydrogen (secondary N) is 1. The standard InChI is InChI=1S/C30H27ClN6/c1-19-14-27(36-12-4-3-5-13-36)22(17-32)16-26(19)37-29-24-15-21(20-6-9-23(31)10-7-20)8-11-25(24)34-18-28(29)35(2)30(37)33/h6-11,14-16,18,33H,3-5,12-13H2,1-2H3. The summed E-state index contributed by atoms with van der Waals surface area (Å²) < 4.78 is 3.81. The minimum atomic E-state index is 0.332. The summed E-state index contributed by atoms with van der Waals surface area (Å²) in [4.78, 5) is 7.03. The highest BCUT2D eigenvalue weighted by Gasteiger charge is 2.20. The Hall–Kier alpha value is -4.08. The van der Waals surface area contributed by atoms with Gasteiger partial charge in [0.25, 0.3) is 0 Å². The van der Waals surface area contributed by atoms with Crippen molar-refractivity contribution >= 4 is 39.2 Å². The van der Waals surface area contributed by atoms with Gasteiger partial charge >= 0.3 is 0 Å². The number of rotatable bonds is 3. The Morgan fingerprint density at radius 2 is 1.68 bits per heavy atom. The summed E-state index contributed by atoms with van der Waals surface area (Å²) in [6.45, 7) is 4.02. The summed E-state index contributed by atoms with van der Waals surface area (Å²) >= 11 is 6.12. The largest absolute Gasteiger partial charge is 0.370 e. The zero-order valence-corrected chi connectivity index (χ0v) is 21.7. The Bertz CT molecular complexity index is 1770. The van der Waals surface area contributed by atoms with Crippen LogP contribution in [0.4, 0.5) is 5.69 Å². The van der Waals surface area contributed by atoms with Crippen LogP contribution in [-0.4, -0.2) is 27.2 Å². The number of nitriles is 1. The first kappa shape index (κ1) is 23.3. The number of piperidine rings is 1. The first-order valence-electron chi connectivity index (χ1n) is 12.6. The molecule has 0 radical (unpaired) electrons. The second-order valence-corrected chi connectivity index (χ2v) is 10.2. The van der Waals surface area contributed by atoms with Crippen molar-refractivity contribution in [3.05, 3.63) is 82.6 Å². The number of hydrogen-bond acceptors (Lipinski definition) is 4. The van der Waals surface area contributed by atoms with E-state index in [2.05, 4.69) is 36.1 Å². The number of halogens is 1. The van der Waals surface area contributed by atoms with E-state index in [1.54, 1.807) is 0 Å². The van der Waals surface area contributed by atoms with Crippen LogP contribution in [0.3, 0.4) is 0 Å². The number of aromatic nitrogens is 3. The third-order valence-electron chi connectivity index (χ3n) is 7.48. The fourth-order valence-corrected chi connectivity index (χ4v) is 5.61. The summed E-state index contributed by atoms with van der Waals surface area (Å²) in [5.41, 5.74) is 8.59. The van der Waals surface area contributed by atoms with Crippen LogP contribution in [0.15, 0.2) is 60.8 Å². The van der Waals surface area contributed by atoms with Crippen molar-refractivity contribution in [3.8, 4) is 22.9 Å². The van der Waals surface area contributed by atoms with E-state index in [9.17, 15) is 5.26 Å². The SMILES string of the molecule is Cc1cc(N2CCCCC2)c(C#N)cc1-n1c(=N)n(C)c2cnc3ccc(-c4ccc(Cl)cc4)cc3c21. The van der Waals surface area contributed by atoms with Gasteiger partial charge in [-0.3, -0.25) is 15.0 Å². The van der Waals surface area contributed by atoms with Crippen LogP contribution >= 0.6 is 11.6 Å². The topological polar surface area (TPSA) is 73.6 Å². The van der Waals surface area contributed by atoms with Gasteiger partial charge in [-0.05, 0) is 79.3 Å². The molecule has 5 aromatic rings. The fraction of sp³-hybridized carbons (Fsp3) is 0.233. The summed E-state index contributed by atoms with van der Waals surface area (Å²) in [6, 6.07) is 20.5. The number of anilines is 1. The molecule has 0 unspecified atom stereocenters. The van der Waals surface area contributed by atoms with Crippen molar-refractivity contribution in [1.82, 2.24) is 14.1 Å². The molecule has 1 aliphatic heterocycles. The molecule has 0 bridgehead atoms. The molecule has 0 aliphatic carbocycles. The van der Waals surface area contributed by atoms with Crippen LogP contribution in [0, 0.1) is 23.7 Å². The third kappa shape index (κ3) is 3.87. The Labute approximate surface area is 220 Å². The van der Waals surface area contributed by atoms with Crippen molar-refractivity contribution in [3.63, 3.8) is 0 Å². The van der Waals surface area contributed by atoms with Crippen LogP contribution in [0.1, 0.15) is 30.4 Å². The number of benzene rings is 3. The van der Waals surface area contributed by atoms with Gasteiger partial charge in [0.05, 0.1) is 39.7 Å². The van der Waals surface area contributed by atoms with Gasteiger partial charge in [0.1, 0.15) is 6.07 Å². The lowest BCUT2D eigenvalue weighted by molar-refractivity contribution is 0.577. The third-order valence-corrected chi connectivity index (χ3v) is 7.74. The maximum absolute atomic E-state index is 10.1. The van der Waals surface area contributed by atoms with E-state index in [-0.39, 0.29) is 0 Å². The highest BCUT2D eigenvalue weighted by Crippen LogP contribution is 2.33. The van der Waals surface area contributed by atoms with Crippen LogP contribution in [0.5, 0.6) is 0 Å². The minimum absolute atomic E-state index is 0.332. The molecule has 184 valence electrons. The van der Waals surface area contributed by atoms with Gasteiger partial charge in [-0.25, -0.2) is 0 Å². The second-order valence-electron chi connectivity index (χ2n) is 9.76. The molecule has 0 spiro atoms. The lowest BCUT2D eigenvalue weighted by Gasteiger charge is -2.30. The Balaban J connectivity index is 1.61. The molecule has 0 amide bonds. The van der Waals surface area contributed by atoms with Crippen LogP contribution < -0.4 is 10.5 Å². The highest BCUT2D eigenvalue weighted by molar-refractivity contribution is 6.30. The number of fused-ring (bicyclic) bond motifs is 3. The average Bonchev–Trinajstić information content (AvgIpc) is 3.19. The first-order chi connectivity index (χ1) is 18.0. The maximum Gasteiger partial charge on any atom is 0.207 e. The monoisotopic (exact) mass is 506 g/mol. The molecule has 0 atom stereocenters. The van der Waals surface area contributed by atoms with Crippen molar-refractivity contribution < 1.29 is 0 Å². The van der Waals surface area contributed by atoms with E-state index in [0.717, 1.165) is 75.9 Å². The van der Waals surface area contributed by atoms with E-state index >= 15 is 0 Å². The molecule has 7 heteroatoms. The second kappa shape index (κ2) is 9.10. The number of pyridine rings is 1. The summed E-state index contributed by atoms with van der Waals surface area (Å²) in [7, 11) is 1.89. The Kier molecular flexibility index (Phi) is 5.73. The van der Waals surface area contributed by atoms with Gasteiger partial charge < -0.3 is 9.47 Å². The van der Waals surface area contributed by atoms with E-state index in [0.29, 0.717) is 16.2 Å². The molecule has 3 heterocycles. The molecule has 1 aliphatic rings. The predicted molar refractivity (Wildman–Crippen MR) is 149 cm³/mol. The maximum atomic E-state index is 10.1. The van der Waals surface area contributed by atoms with E-state index in [1.807, 2.05) is 58.8 Å². The van der Waals surface area contributed by atoms with Gasteiger partial charge in [0, 0.05) is 30.5 Å². The normalized spacial score (nSPS) is 13.8. The first-order valence-corrected chi connectivity index (χ1v) is 12.9. The smallest absolute Gasteiger partial charge is 0.207 e. The molecular weight excluding hydrogens is 480 g/mol. The Morgan fingerprint density at radius 3 is 2.41 bits per heavy atom. The lowest BCUT2D eigenvalue weighted by Crippen LogP contribution is -2.30. The van der Waals surface area contributed by atoms with Gasteiger partial charge in [0.2, 0.25) is 5.62 Å². The lowest BCUT2D eigenvalue weighted by atomic mass is 10.0. The number of hydrogen-bond donors (Lipinski definition) is 1. The molecule has 6 nitrogen and oxygen atoms in total. The quantitative estimate of drug-likeness (QED) is 0.304. The molecule has 1 fully saturated rings. The van der Waals surface area contributed by atoms with Gasteiger partial charge in [-0.2, -0.15) is 5.26 Å². The molecule has 1 N–H and O–H groups in total. The summed E-state index contributed by atoms with van der Waals surface area (Å²) in [6.07, 6.45) is 5.37. The molecule has 3 aromatic carbocycles. The predicted octanol–water partition coefficient (Wildman–Crippen LogP) is 6.49. The number of nitrogens with zero attached hydrogens (tertiary/aromatic N) is 5. The van der Waals surface area contributed by atoms with Gasteiger partial charge in [-0.1, -0.05) is 29.8 Å². The molecular formula is C30H27ClN6.